The fourth-order valence-corrected chi connectivity index (χ4v) is 5.53. The van der Waals surface area contributed by atoms with E-state index in [1.54, 1.807) is 12.1 Å². The van der Waals surface area contributed by atoms with E-state index in [1.807, 2.05) is 18.2 Å². The van der Waals surface area contributed by atoms with Gasteiger partial charge in [0.1, 0.15) is 23.2 Å². The number of aliphatic carboxylic acids is 1. The molecule has 160 valence electrons. The fourth-order valence-electron chi connectivity index (χ4n) is 3.93. The zero-order chi connectivity index (χ0) is 21.4. The van der Waals surface area contributed by atoms with Gasteiger partial charge in [-0.2, -0.15) is 17.4 Å². The van der Waals surface area contributed by atoms with Crippen LogP contribution in [0.15, 0.2) is 54.6 Å². The Labute approximate surface area is 174 Å². The van der Waals surface area contributed by atoms with Gasteiger partial charge in [-0.1, -0.05) is 30.3 Å². The molecule has 2 aromatic carbocycles. The molecule has 9 heteroatoms. The number of carboxylic acids is 1. The third kappa shape index (κ3) is 4.19. The summed E-state index contributed by atoms with van der Waals surface area (Å²) in [6.07, 6.45) is 0.949. The van der Waals surface area contributed by atoms with Crippen molar-refractivity contribution in [2.75, 3.05) is 13.1 Å². The van der Waals surface area contributed by atoms with E-state index >= 15 is 0 Å². The molecule has 2 fully saturated rings. The molecule has 1 aliphatic heterocycles. The summed E-state index contributed by atoms with van der Waals surface area (Å²) in [5, 5.41) is 9.73. The number of carbonyl (C=O) groups is 1. The standard InChI is InChI=1S/C21H23FN2O5S/c22-16-6-8-17(9-7-16)29-18-10-12-24(13-11-18)30(27,28)23-21(20(25)26)14-19(21)15-4-2-1-3-5-15/h1-9,18-19,23H,10-14H2,(H,25,26)/t19-,21+/m0/s1. The third-order valence-electron chi connectivity index (χ3n) is 5.71. The van der Waals surface area contributed by atoms with Crippen molar-refractivity contribution in [2.24, 2.45) is 0 Å². The van der Waals surface area contributed by atoms with Gasteiger partial charge < -0.3 is 9.84 Å². The summed E-state index contributed by atoms with van der Waals surface area (Å²) in [5.74, 6) is -1.39. The van der Waals surface area contributed by atoms with E-state index in [0.717, 1.165) is 5.56 Å². The van der Waals surface area contributed by atoms with Crippen LogP contribution in [0.4, 0.5) is 4.39 Å². The number of halogens is 1. The number of carboxylic acid groups (broad SMARTS) is 1. The Kier molecular flexibility index (Phi) is 5.52. The number of hydrogen-bond donors (Lipinski definition) is 2. The van der Waals surface area contributed by atoms with E-state index in [1.165, 1.54) is 28.6 Å². The number of hydrogen-bond acceptors (Lipinski definition) is 4. The molecule has 0 radical (unpaired) electrons. The van der Waals surface area contributed by atoms with E-state index < -0.39 is 27.6 Å². The molecular formula is C21H23FN2O5S. The van der Waals surface area contributed by atoms with Gasteiger partial charge in [-0.15, -0.1) is 0 Å². The molecule has 4 rings (SSSR count). The SMILES string of the molecule is O=C(O)[C@@]1(NS(=O)(=O)N2CCC(Oc3ccc(F)cc3)CC2)C[C@H]1c1ccccc1. The second kappa shape index (κ2) is 7.98. The molecule has 7 nitrogen and oxygen atoms in total. The molecule has 1 saturated heterocycles. The van der Waals surface area contributed by atoms with Gasteiger partial charge in [0.15, 0.2) is 0 Å². The molecule has 30 heavy (non-hydrogen) atoms. The summed E-state index contributed by atoms with van der Waals surface area (Å²) in [7, 11) is -3.97. The first-order chi connectivity index (χ1) is 14.3. The monoisotopic (exact) mass is 434 g/mol. The van der Waals surface area contributed by atoms with Crippen LogP contribution in [0.5, 0.6) is 5.75 Å². The molecule has 1 heterocycles. The molecule has 2 N–H and O–H groups in total. The summed E-state index contributed by atoms with van der Waals surface area (Å²) in [4.78, 5) is 11.9. The van der Waals surface area contributed by atoms with Crippen LogP contribution in [0.1, 0.15) is 30.7 Å². The maximum Gasteiger partial charge on any atom is 0.325 e. The highest BCUT2D eigenvalue weighted by atomic mass is 32.2. The van der Waals surface area contributed by atoms with Crippen LogP contribution < -0.4 is 9.46 Å². The van der Waals surface area contributed by atoms with Crippen molar-refractivity contribution in [3.63, 3.8) is 0 Å². The molecule has 0 amide bonds. The number of ether oxygens (including phenoxy) is 1. The minimum Gasteiger partial charge on any atom is -0.490 e. The van der Waals surface area contributed by atoms with E-state index in [9.17, 15) is 22.7 Å². The number of piperidine rings is 1. The lowest BCUT2D eigenvalue weighted by atomic mass is 10.1. The Morgan fingerprint density at radius 1 is 1.10 bits per heavy atom. The summed E-state index contributed by atoms with van der Waals surface area (Å²) in [5.41, 5.74) is -0.712. The Hall–Kier alpha value is -2.49. The average molecular weight is 434 g/mol. The highest BCUT2D eigenvalue weighted by Crippen LogP contribution is 2.52. The van der Waals surface area contributed by atoms with E-state index in [2.05, 4.69) is 4.72 Å². The van der Waals surface area contributed by atoms with Crippen LogP contribution >= 0.6 is 0 Å². The number of rotatable bonds is 7. The van der Waals surface area contributed by atoms with Crippen LogP contribution in [-0.2, 0) is 15.0 Å². The van der Waals surface area contributed by atoms with Gasteiger partial charge in [0, 0.05) is 19.0 Å². The zero-order valence-electron chi connectivity index (χ0n) is 16.2. The molecular weight excluding hydrogens is 411 g/mol. The van der Waals surface area contributed by atoms with Gasteiger partial charge in [-0.25, -0.2) is 4.39 Å². The van der Waals surface area contributed by atoms with E-state index in [4.69, 9.17) is 4.74 Å². The number of nitrogens with zero attached hydrogens (tertiary/aromatic N) is 1. The highest BCUT2D eigenvalue weighted by molar-refractivity contribution is 7.87. The Morgan fingerprint density at radius 2 is 1.73 bits per heavy atom. The first-order valence-electron chi connectivity index (χ1n) is 9.80. The molecule has 0 spiro atoms. The van der Waals surface area contributed by atoms with E-state index in [-0.39, 0.29) is 31.4 Å². The average Bonchev–Trinajstić information content (AvgIpc) is 3.46. The normalized spacial score (nSPS) is 25.0. The van der Waals surface area contributed by atoms with Crippen molar-refractivity contribution in [1.82, 2.24) is 9.03 Å². The smallest absolute Gasteiger partial charge is 0.325 e. The molecule has 1 aliphatic carbocycles. The largest absolute Gasteiger partial charge is 0.490 e. The van der Waals surface area contributed by atoms with Crippen LogP contribution in [0.25, 0.3) is 0 Å². The minimum atomic E-state index is -3.97. The predicted molar refractivity (Wildman–Crippen MR) is 108 cm³/mol. The molecule has 2 atom stereocenters. The fraction of sp³-hybridized carbons (Fsp3) is 0.381. The Morgan fingerprint density at radius 3 is 2.33 bits per heavy atom. The quantitative estimate of drug-likeness (QED) is 0.698. The van der Waals surface area contributed by atoms with Gasteiger partial charge in [0.25, 0.3) is 10.2 Å². The summed E-state index contributed by atoms with van der Waals surface area (Å²) >= 11 is 0. The first-order valence-corrected chi connectivity index (χ1v) is 11.2. The van der Waals surface area contributed by atoms with Gasteiger partial charge in [-0.05, 0) is 49.1 Å². The second-order valence-corrected chi connectivity index (χ2v) is 9.39. The summed E-state index contributed by atoms with van der Waals surface area (Å²) < 4.78 is 48.3. The Bertz CT molecular complexity index is 1010. The van der Waals surface area contributed by atoms with Gasteiger partial charge >= 0.3 is 5.97 Å². The topological polar surface area (TPSA) is 95.9 Å². The third-order valence-corrected chi connectivity index (χ3v) is 7.38. The summed E-state index contributed by atoms with van der Waals surface area (Å²) in [6.45, 7) is 0.430. The van der Waals surface area contributed by atoms with E-state index in [0.29, 0.717) is 18.6 Å². The number of nitrogens with one attached hydrogen (secondary N) is 1. The predicted octanol–water partition coefficient (Wildman–Crippen LogP) is 2.51. The van der Waals surface area contributed by atoms with Crippen molar-refractivity contribution >= 4 is 16.2 Å². The maximum atomic E-state index is 13.0. The van der Waals surface area contributed by atoms with Crippen LogP contribution in [0.3, 0.4) is 0 Å². The first kappa shape index (κ1) is 20.8. The lowest BCUT2D eigenvalue weighted by Gasteiger charge is -2.32. The number of benzene rings is 2. The zero-order valence-corrected chi connectivity index (χ0v) is 17.0. The second-order valence-electron chi connectivity index (χ2n) is 7.72. The van der Waals surface area contributed by atoms with Crippen molar-refractivity contribution in [1.29, 1.82) is 0 Å². The van der Waals surface area contributed by atoms with Crippen molar-refractivity contribution in [2.45, 2.75) is 36.8 Å². The van der Waals surface area contributed by atoms with Crippen LogP contribution in [-0.4, -0.2) is 48.5 Å². The van der Waals surface area contributed by atoms with Gasteiger partial charge in [0.2, 0.25) is 0 Å². The molecule has 2 aliphatic rings. The highest BCUT2D eigenvalue weighted by Gasteiger charge is 2.63. The molecule has 1 saturated carbocycles. The molecule has 0 unspecified atom stereocenters. The Balaban J connectivity index is 1.38. The van der Waals surface area contributed by atoms with Crippen molar-refractivity contribution < 1.29 is 27.4 Å². The maximum absolute atomic E-state index is 13.0. The van der Waals surface area contributed by atoms with Crippen LogP contribution in [0.2, 0.25) is 0 Å². The van der Waals surface area contributed by atoms with Crippen molar-refractivity contribution in [3.05, 3.63) is 66.0 Å². The molecule has 0 bridgehead atoms. The lowest BCUT2D eigenvalue weighted by Crippen LogP contribution is -2.53. The molecule has 2 aromatic rings. The van der Waals surface area contributed by atoms with Crippen LogP contribution in [0, 0.1) is 5.82 Å². The van der Waals surface area contributed by atoms with Gasteiger partial charge in [-0.3, -0.25) is 4.79 Å². The minimum absolute atomic E-state index is 0.187. The molecule has 0 aromatic heterocycles. The summed E-state index contributed by atoms with van der Waals surface area (Å²) in [6, 6.07) is 14.7. The van der Waals surface area contributed by atoms with Crippen molar-refractivity contribution in [3.8, 4) is 5.75 Å². The van der Waals surface area contributed by atoms with Gasteiger partial charge in [0.05, 0.1) is 0 Å². The lowest BCUT2D eigenvalue weighted by molar-refractivity contribution is -0.140.